The first kappa shape index (κ1) is 13.0. The third-order valence-electron chi connectivity index (χ3n) is 3.87. The smallest absolute Gasteiger partial charge is 0.156 e. The van der Waals surface area contributed by atoms with Crippen molar-refractivity contribution in [3.05, 3.63) is 60.3 Å². The van der Waals surface area contributed by atoms with Gasteiger partial charge in [-0.15, -0.1) is 0 Å². The van der Waals surface area contributed by atoms with E-state index in [0.29, 0.717) is 16.6 Å². The first-order valence-electron chi connectivity index (χ1n) is 7.18. The molecule has 0 saturated carbocycles. The van der Waals surface area contributed by atoms with Gasteiger partial charge in [-0.25, -0.2) is 4.39 Å². The molecule has 1 aromatic carbocycles. The number of aryl methyl sites for hydroxylation is 1. The number of fused-ring (bicyclic) bond motifs is 3. The van der Waals surface area contributed by atoms with Crippen molar-refractivity contribution in [1.82, 2.24) is 9.97 Å². The number of rotatable bonds is 2. The van der Waals surface area contributed by atoms with E-state index in [0.717, 1.165) is 23.1 Å². The van der Waals surface area contributed by atoms with Crippen molar-refractivity contribution in [3.63, 3.8) is 0 Å². The van der Waals surface area contributed by atoms with E-state index in [-0.39, 0.29) is 5.82 Å². The highest BCUT2D eigenvalue weighted by molar-refractivity contribution is 6.09. The number of pyridine rings is 2. The fourth-order valence-electron chi connectivity index (χ4n) is 2.75. The zero-order valence-electron chi connectivity index (χ0n) is 12.0. The maximum Gasteiger partial charge on any atom is 0.156 e. The molecule has 0 aliphatic heterocycles. The lowest BCUT2D eigenvalue weighted by Crippen LogP contribution is -1.87. The number of aromatic nitrogens is 2. The van der Waals surface area contributed by atoms with Gasteiger partial charge in [-0.3, -0.25) is 9.97 Å². The Bertz CT molecular complexity index is 991. The van der Waals surface area contributed by atoms with Crippen LogP contribution in [-0.2, 0) is 6.42 Å². The maximum atomic E-state index is 14.1. The average molecular weight is 292 g/mol. The first-order valence-corrected chi connectivity index (χ1v) is 7.18. The zero-order valence-corrected chi connectivity index (χ0v) is 12.0. The molecule has 0 N–H and O–H groups in total. The topological polar surface area (TPSA) is 38.9 Å². The summed E-state index contributed by atoms with van der Waals surface area (Å²) in [6.07, 6.45) is 5.47. The molecule has 0 amide bonds. The molecular weight excluding hydrogens is 279 g/mol. The third-order valence-corrected chi connectivity index (χ3v) is 3.87. The van der Waals surface area contributed by atoms with Gasteiger partial charge in [0.25, 0.3) is 0 Å². The molecule has 0 bridgehead atoms. The predicted octanol–water partition coefficient (Wildman–Crippen LogP) is 4.74. The molecule has 0 spiro atoms. The standard InChI is InChI=1S/C18H13FN2O/c1-2-11-6-7-21-15(8-11)12-4-3-5-13-17-14(19)9-20-10-16(17)22-18(12)13/h3-10H,2H2,1H3. The summed E-state index contributed by atoms with van der Waals surface area (Å²) in [6, 6.07) is 9.73. The van der Waals surface area contributed by atoms with Crippen LogP contribution in [0.25, 0.3) is 33.2 Å². The molecule has 22 heavy (non-hydrogen) atoms. The van der Waals surface area contributed by atoms with Crippen LogP contribution in [0.5, 0.6) is 0 Å². The Morgan fingerprint density at radius 3 is 2.95 bits per heavy atom. The second-order valence-corrected chi connectivity index (χ2v) is 5.18. The summed E-state index contributed by atoms with van der Waals surface area (Å²) in [6.45, 7) is 2.10. The number of nitrogens with zero attached hydrogens (tertiary/aromatic N) is 2. The van der Waals surface area contributed by atoms with Crippen LogP contribution in [0.15, 0.2) is 53.3 Å². The predicted molar refractivity (Wildman–Crippen MR) is 84.1 cm³/mol. The van der Waals surface area contributed by atoms with Crippen molar-refractivity contribution < 1.29 is 8.81 Å². The van der Waals surface area contributed by atoms with Gasteiger partial charge >= 0.3 is 0 Å². The Morgan fingerprint density at radius 2 is 2.09 bits per heavy atom. The number of furan rings is 1. The molecule has 3 aromatic heterocycles. The molecule has 0 radical (unpaired) electrons. The van der Waals surface area contributed by atoms with Crippen molar-refractivity contribution in [3.8, 4) is 11.3 Å². The second kappa shape index (κ2) is 4.91. The van der Waals surface area contributed by atoms with Crippen LogP contribution in [0.2, 0.25) is 0 Å². The molecule has 3 nitrogen and oxygen atoms in total. The summed E-state index contributed by atoms with van der Waals surface area (Å²) >= 11 is 0. The van der Waals surface area contributed by atoms with Crippen molar-refractivity contribution in [1.29, 1.82) is 0 Å². The van der Waals surface area contributed by atoms with E-state index < -0.39 is 0 Å². The lowest BCUT2D eigenvalue weighted by molar-refractivity contribution is 0.626. The summed E-state index contributed by atoms with van der Waals surface area (Å²) in [7, 11) is 0. The van der Waals surface area contributed by atoms with E-state index in [1.54, 1.807) is 6.20 Å². The van der Waals surface area contributed by atoms with Crippen LogP contribution in [0.3, 0.4) is 0 Å². The van der Waals surface area contributed by atoms with Crippen LogP contribution in [0, 0.1) is 5.82 Å². The van der Waals surface area contributed by atoms with E-state index in [1.165, 1.54) is 18.0 Å². The van der Waals surface area contributed by atoms with Gasteiger partial charge < -0.3 is 4.42 Å². The molecule has 0 aliphatic rings. The van der Waals surface area contributed by atoms with Crippen LogP contribution in [0.4, 0.5) is 4.39 Å². The maximum absolute atomic E-state index is 14.1. The van der Waals surface area contributed by atoms with Gasteiger partial charge in [0, 0.05) is 17.1 Å². The minimum absolute atomic E-state index is 0.372. The second-order valence-electron chi connectivity index (χ2n) is 5.18. The van der Waals surface area contributed by atoms with E-state index in [4.69, 9.17) is 4.42 Å². The molecule has 0 saturated heterocycles. The van der Waals surface area contributed by atoms with Crippen LogP contribution < -0.4 is 0 Å². The van der Waals surface area contributed by atoms with Gasteiger partial charge in [0.15, 0.2) is 11.4 Å². The highest BCUT2D eigenvalue weighted by atomic mass is 19.1. The Morgan fingerprint density at radius 1 is 1.18 bits per heavy atom. The monoisotopic (exact) mass is 292 g/mol. The quantitative estimate of drug-likeness (QED) is 0.535. The average Bonchev–Trinajstić information content (AvgIpc) is 2.94. The summed E-state index contributed by atoms with van der Waals surface area (Å²) < 4.78 is 19.9. The first-order chi connectivity index (χ1) is 10.8. The highest BCUT2D eigenvalue weighted by Gasteiger charge is 2.15. The summed E-state index contributed by atoms with van der Waals surface area (Å²) in [5.41, 5.74) is 3.99. The number of hydrogen-bond donors (Lipinski definition) is 0. The van der Waals surface area contributed by atoms with Crippen molar-refractivity contribution in [2.45, 2.75) is 13.3 Å². The molecule has 4 rings (SSSR count). The van der Waals surface area contributed by atoms with Gasteiger partial charge in [0.1, 0.15) is 5.58 Å². The molecule has 0 aliphatic carbocycles. The molecule has 0 atom stereocenters. The van der Waals surface area contributed by atoms with Crippen LogP contribution in [-0.4, -0.2) is 9.97 Å². The van der Waals surface area contributed by atoms with Crippen molar-refractivity contribution in [2.24, 2.45) is 0 Å². The van der Waals surface area contributed by atoms with Crippen molar-refractivity contribution in [2.75, 3.05) is 0 Å². The minimum Gasteiger partial charge on any atom is -0.454 e. The van der Waals surface area contributed by atoms with E-state index >= 15 is 0 Å². The van der Waals surface area contributed by atoms with Crippen molar-refractivity contribution >= 4 is 21.9 Å². The number of halogens is 1. The number of para-hydroxylation sites is 1. The molecule has 4 heteroatoms. The van der Waals surface area contributed by atoms with Gasteiger partial charge in [-0.2, -0.15) is 0 Å². The largest absolute Gasteiger partial charge is 0.454 e. The normalized spacial score (nSPS) is 11.4. The van der Waals surface area contributed by atoms with Crippen LogP contribution >= 0.6 is 0 Å². The fraction of sp³-hybridized carbons (Fsp3) is 0.111. The summed E-state index contributed by atoms with van der Waals surface area (Å²) in [5.74, 6) is -0.372. The molecule has 108 valence electrons. The van der Waals surface area contributed by atoms with Gasteiger partial charge in [-0.1, -0.05) is 19.1 Å². The van der Waals surface area contributed by atoms with Crippen LogP contribution in [0.1, 0.15) is 12.5 Å². The van der Waals surface area contributed by atoms with Gasteiger partial charge in [0.2, 0.25) is 0 Å². The molecule has 0 fully saturated rings. The Labute approximate surface area is 126 Å². The number of hydrogen-bond acceptors (Lipinski definition) is 3. The lowest BCUT2D eigenvalue weighted by atomic mass is 10.0. The molecule has 4 aromatic rings. The lowest BCUT2D eigenvalue weighted by Gasteiger charge is -2.03. The molecular formula is C18H13FN2O. The van der Waals surface area contributed by atoms with E-state index in [2.05, 4.69) is 16.9 Å². The SMILES string of the molecule is CCc1ccnc(-c2cccc3c2oc2cncc(F)c23)c1. The van der Waals surface area contributed by atoms with E-state index in [9.17, 15) is 4.39 Å². The Kier molecular flexibility index (Phi) is 2.89. The minimum atomic E-state index is -0.372. The van der Waals surface area contributed by atoms with E-state index in [1.807, 2.05) is 30.3 Å². The number of benzene rings is 1. The molecule has 3 heterocycles. The highest BCUT2D eigenvalue weighted by Crippen LogP contribution is 2.35. The fourth-order valence-corrected chi connectivity index (χ4v) is 2.75. The Balaban J connectivity index is 2.06. The zero-order chi connectivity index (χ0) is 15.1. The van der Waals surface area contributed by atoms with Gasteiger partial charge in [0.05, 0.1) is 23.5 Å². The Hall–Kier alpha value is -2.75. The molecule has 0 unspecified atom stereocenters. The van der Waals surface area contributed by atoms with Gasteiger partial charge in [-0.05, 0) is 30.2 Å². The summed E-state index contributed by atoms with van der Waals surface area (Å²) in [5, 5.41) is 1.22. The summed E-state index contributed by atoms with van der Waals surface area (Å²) in [4.78, 5) is 8.28. The third kappa shape index (κ3) is 1.88.